The third-order valence-electron chi connectivity index (χ3n) is 6.40. The molecule has 2 unspecified atom stereocenters. The van der Waals surface area contributed by atoms with Gasteiger partial charge in [-0.1, -0.05) is 12.1 Å². The van der Waals surface area contributed by atoms with E-state index in [1.165, 1.54) is 4.57 Å². The van der Waals surface area contributed by atoms with E-state index in [4.69, 9.17) is 10.5 Å². The number of hydrogen-bond donors (Lipinski definition) is 4. The highest BCUT2D eigenvalue weighted by Crippen LogP contribution is 2.20. The predicted octanol–water partition coefficient (Wildman–Crippen LogP) is 0.654. The molecule has 1 aliphatic carbocycles. The normalized spacial score (nSPS) is 23.3. The number of aromatic nitrogens is 2. The molecule has 33 heavy (non-hydrogen) atoms. The SMILES string of the molecule is CO[C@H]1CC(NCc2ccc(-n3ccc(NC(=O)N4CCNCC4)nc3=O)cc2)CCC1N. The number of anilines is 1. The highest BCUT2D eigenvalue weighted by atomic mass is 16.5. The minimum atomic E-state index is -0.442. The van der Waals surface area contributed by atoms with Crippen molar-refractivity contribution in [1.29, 1.82) is 0 Å². The summed E-state index contributed by atoms with van der Waals surface area (Å²) in [7, 11) is 1.72. The van der Waals surface area contributed by atoms with Gasteiger partial charge in [-0.2, -0.15) is 4.98 Å². The average Bonchev–Trinajstić information content (AvgIpc) is 2.84. The maximum Gasteiger partial charge on any atom is 0.354 e. The van der Waals surface area contributed by atoms with Gasteiger partial charge in [-0.25, -0.2) is 9.59 Å². The Balaban J connectivity index is 1.33. The third-order valence-corrected chi connectivity index (χ3v) is 6.40. The maximum atomic E-state index is 12.5. The molecular weight excluding hydrogens is 422 g/mol. The number of nitrogens with two attached hydrogens (primary N) is 1. The van der Waals surface area contributed by atoms with E-state index in [0.717, 1.165) is 50.1 Å². The number of piperazine rings is 1. The molecule has 10 heteroatoms. The van der Waals surface area contributed by atoms with E-state index < -0.39 is 5.69 Å². The topological polar surface area (TPSA) is 127 Å². The highest BCUT2D eigenvalue weighted by Gasteiger charge is 2.27. The molecule has 178 valence electrons. The van der Waals surface area contributed by atoms with Crippen molar-refractivity contribution in [2.75, 3.05) is 38.6 Å². The molecular formula is C23H33N7O3. The molecule has 2 aliphatic rings. The van der Waals surface area contributed by atoms with Crippen LogP contribution in [0.3, 0.4) is 0 Å². The van der Waals surface area contributed by atoms with Crippen LogP contribution in [0.5, 0.6) is 0 Å². The fourth-order valence-corrected chi connectivity index (χ4v) is 4.37. The molecule has 0 radical (unpaired) electrons. The van der Waals surface area contributed by atoms with Gasteiger partial charge in [-0.15, -0.1) is 0 Å². The van der Waals surface area contributed by atoms with E-state index in [2.05, 4.69) is 20.9 Å². The van der Waals surface area contributed by atoms with Crippen molar-refractivity contribution in [1.82, 2.24) is 25.1 Å². The number of methoxy groups -OCH3 is 1. The number of nitrogens with one attached hydrogen (secondary N) is 3. The lowest BCUT2D eigenvalue weighted by atomic mass is 9.89. The fourth-order valence-electron chi connectivity index (χ4n) is 4.37. The molecule has 1 saturated carbocycles. The zero-order chi connectivity index (χ0) is 23.2. The molecule has 1 aliphatic heterocycles. The number of carbonyl (C=O) groups excluding carboxylic acids is 1. The summed E-state index contributed by atoms with van der Waals surface area (Å²) in [5.74, 6) is 0.252. The Labute approximate surface area is 193 Å². The van der Waals surface area contributed by atoms with Crippen LogP contribution in [0.15, 0.2) is 41.3 Å². The fraction of sp³-hybridized carbons (Fsp3) is 0.522. The van der Waals surface area contributed by atoms with Gasteiger partial charge in [0.2, 0.25) is 0 Å². The Bertz CT molecular complexity index is 988. The summed E-state index contributed by atoms with van der Waals surface area (Å²) in [5, 5.41) is 9.49. The Hall–Kier alpha value is -2.79. The minimum absolute atomic E-state index is 0.0996. The quantitative estimate of drug-likeness (QED) is 0.504. The van der Waals surface area contributed by atoms with Gasteiger partial charge >= 0.3 is 11.7 Å². The molecule has 10 nitrogen and oxygen atoms in total. The summed E-state index contributed by atoms with van der Waals surface area (Å²) in [6.07, 6.45) is 4.64. The molecule has 2 fully saturated rings. The molecule has 2 heterocycles. The second kappa shape index (κ2) is 10.9. The Morgan fingerprint density at radius 2 is 1.97 bits per heavy atom. The van der Waals surface area contributed by atoms with E-state index in [1.807, 2.05) is 24.3 Å². The molecule has 1 saturated heterocycles. The summed E-state index contributed by atoms with van der Waals surface area (Å²) in [5.41, 5.74) is 7.51. The van der Waals surface area contributed by atoms with E-state index in [1.54, 1.807) is 24.3 Å². The lowest BCUT2D eigenvalue weighted by Crippen LogP contribution is -2.48. The van der Waals surface area contributed by atoms with Crippen LogP contribution in [0.2, 0.25) is 0 Å². The number of ether oxygens (including phenoxy) is 1. The minimum Gasteiger partial charge on any atom is -0.380 e. The summed E-state index contributed by atoms with van der Waals surface area (Å²) >= 11 is 0. The van der Waals surface area contributed by atoms with Gasteiger partial charge in [-0.3, -0.25) is 9.88 Å². The number of hydrogen-bond acceptors (Lipinski definition) is 7. The molecule has 1 aromatic heterocycles. The van der Waals surface area contributed by atoms with Crippen molar-refractivity contribution in [2.24, 2.45) is 5.73 Å². The summed E-state index contributed by atoms with van der Waals surface area (Å²) in [6, 6.07) is 9.67. The highest BCUT2D eigenvalue weighted by molar-refractivity contribution is 5.88. The van der Waals surface area contributed by atoms with Gasteiger partial charge in [0.1, 0.15) is 5.82 Å². The standard InChI is InChI=1S/C23H33N7O3/c1-33-20-14-17(4-7-19(20)24)26-15-16-2-5-18(6-3-16)30-11-8-21(28-23(30)32)27-22(31)29-12-9-25-10-13-29/h2-3,5-6,8,11,17,19-20,25-26H,4,7,9-10,12-15,24H2,1H3,(H,27,28,31,32)/t17?,19?,20-/m0/s1. The first kappa shape index (κ1) is 23.4. The molecule has 5 N–H and O–H groups in total. The van der Waals surface area contributed by atoms with Crippen molar-refractivity contribution in [3.8, 4) is 5.69 Å². The first-order chi connectivity index (χ1) is 16.0. The largest absolute Gasteiger partial charge is 0.380 e. The number of carbonyl (C=O) groups is 1. The molecule has 2 aromatic rings. The van der Waals surface area contributed by atoms with E-state index in [9.17, 15) is 9.59 Å². The summed E-state index contributed by atoms with van der Waals surface area (Å²) in [6.45, 7) is 3.52. The Morgan fingerprint density at radius 3 is 2.67 bits per heavy atom. The number of amides is 2. The molecule has 0 bridgehead atoms. The molecule has 4 rings (SSSR count). The predicted molar refractivity (Wildman–Crippen MR) is 127 cm³/mol. The smallest absolute Gasteiger partial charge is 0.354 e. The van der Waals surface area contributed by atoms with Crippen LogP contribution in [0, 0.1) is 0 Å². The number of rotatable bonds is 6. The van der Waals surface area contributed by atoms with E-state index in [-0.39, 0.29) is 24.0 Å². The second-order valence-electron chi connectivity index (χ2n) is 8.63. The van der Waals surface area contributed by atoms with Gasteiger partial charge in [0.05, 0.1) is 11.8 Å². The van der Waals surface area contributed by atoms with Crippen LogP contribution >= 0.6 is 0 Å². The van der Waals surface area contributed by atoms with Gasteiger partial charge in [0.15, 0.2) is 0 Å². The zero-order valence-corrected chi connectivity index (χ0v) is 19.0. The van der Waals surface area contributed by atoms with Gasteiger partial charge in [-0.05, 0) is 43.0 Å². The van der Waals surface area contributed by atoms with Crippen molar-refractivity contribution in [2.45, 2.75) is 44.0 Å². The molecule has 2 amide bonds. The van der Waals surface area contributed by atoms with Crippen LogP contribution in [-0.2, 0) is 11.3 Å². The van der Waals surface area contributed by atoms with Crippen molar-refractivity contribution < 1.29 is 9.53 Å². The number of benzene rings is 1. The van der Waals surface area contributed by atoms with Crippen LogP contribution in [0.25, 0.3) is 5.69 Å². The monoisotopic (exact) mass is 455 g/mol. The maximum absolute atomic E-state index is 12.5. The average molecular weight is 456 g/mol. The van der Waals surface area contributed by atoms with Crippen molar-refractivity contribution in [3.63, 3.8) is 0 Å². The van der Waals surface area contributed by atoms with Crippen LogP contribution in [0.4, 0.5) is 10.6 Å². The van der Waals surface area contributed by atoms with Gasteiger partial charge in [0.25, 0.3) is 0 Å². The molecule has 3 atom stereocenters. The van der Waals surface area contributed by atoms with Crippen LogP contribution in [-0.4, -0.2) is 72.0 Å². The first-order valence-electron chi connectivity index (χ1n) is 11.5. The Morgan fingerprint density at radius 1 is 1.21 bits per heavy atom. The van der Waals surface area contributed by atoms with Crippen molar-refractivity contribution in [3.05, 3.63) is 52.6 Å². The summed E-state index contributed by atoms with van der Waals surface area (Å²) < 4.78 is 6.95. The third kappa shape index (κ3) is 5.97. The summed E-state index contributed by atoms with van der Waals surface area (Å²) in [4.78, 5) is 30.6. The van der Waals surface area contributed by atoms with Crippen LogP contribution in [0.1, 0.15) is 24.8 Å². The first-order valence-corrected chi connectivity index (χ1v) is 11.5. The van der Waals surface area contributed by atoms with Gasteiger partial charge in [0, 0.05) is 58.1 Å². The van der Waals surface area contributed by atoms with Crippen molar-refractivity contribution >= 4 is 11.8 Å². The molecule has 1 aromatic carbocycles. The Kier molecular flexibility index (Phi) is 7.71. The number of nitrogens with zero attached hydrogens (tertiary/aromatic N) is 3. The lowest BCUT2D eigenvalue weighted by molar-refractivity contribution is 0.0426. The number of urea groups is 1. The lowest BCUT2D eigenvalue weighted by Gasteiger charge is -2.33. The molecule has 0 spiro atoms. The van der Waals surface area contributed by atoms with Crippen LogP contribution < -0.4 is 27.4 Å². The van der Waals surface area contributed by atoms with Gasteiger partial charge < -0.3 is 26.0 Å². The second-order valence-corrected chi connectivity index (χ2v) is 8.63. The van der Waals surface area contributed by atoms with E-state index in [0.29, 0.717) is 19.1 Å². The van der Waals surface area contributed by atoms with E-state index >= 15 is 0 Å². The zero-order valence-electron chi connectivity index (χ0n) is 19.0.